The predicted octanol–water partition coefficient (Wildman–Crippen LogP) is 2.38. The molecule has 0 aliphatic heterocycles. The van der Waals surface area contributed by atoms with E-state index < -0.39 is 0 Å². The smallest absolute Gasteiger partial charge is 0.139 e. The lowest BCUT2D eigenvalue weighted by molar-refractivity contribution is -0.114. The summed E-state index contributed by atoms with van der Waals surface area (Å²) in [5.74, 6) is 1.58. The predicted molar refractivity (Wildman–Crippen MR) is 58.0 cm³/mol. The van der Waals surface area contributed by atoms with Crippen LogP contribution in [0.25, 0.3) is 0 Å². The van der Waals surface area contributed by atoms with Gasteiger partial charge in [0.15, 0.2) is 0 Å². The number of hydrogen-bond acceptors (Lipinski definition) is 3. The monoisotopic (exact) mass is 205 g/mol. The van der Waals surface area contributed by atoms with E-state index in [1.54, 1.807) is 30.8 Å². The SMILES string of the molecule is CC(=O)CSCc1ccc(C#N)cc1. The number of thioether (sulfide) groups is 1. The average molecular weight is 205 g/mol. The maximum absolute atomic E-state index is 10.7. The van der Waals surface area contributed by atoms with Crippen LogP contribution in [-0.2, 0) is 10.5 Å². The van der Waals surface area contributed by atoms with Gasteiger partial charge in [-0.05, 0) is 24.6 Å². The maximum atomic E-state index is 10.7. The van der Waals surface area contributed by atoms with E-state index in [2.05, 4.69) is 6.07 Å². The van der Waals surface area contributed by atoms with Crippen LogP contribution >= 0.6 is 11.8 Å². The molecule has 0 fully saturated rings. The molecule has 72 valence electrons. The van der Waals surface area contributed by atoms with Gasteiger partial charge >= 0.3 is 0 Å². The lowest BCUT2D eigenvalue weighted by Gasteiger charge is -1.99. The van der Waals surface area contributed by atoms with E-state index in [9.17, 15) is 4.79 Å². The summed E-state index contributed by atoms with van der Waals surface area (Å²) in [6.45, 7) is 1.59. The molecular formula is C11H11NOS. The normalized spacial score (nSPS) is 9.43. The molecule has 0 heterocycles. The standard InChI is InChI=1S/C11H11NOS/c1-9(13)7-14-8-11-4-2-10(6-12)3-5-11/h2-5H,7-8H2,1H3. The molecule has 0 saturated heterocycles. The van der Waals surface area contributed by atoms with Crippen molar-refractivity contribution in [1.29, 1.82) is 5.26 Å². The van der Waals surface area contributed by atoms with Crippen molar-refractivity contribution >= 4 is 17.5 Å². The number of nitriles is 1. The zero-order valence-electron chi connectivity index (χ0n) is 7.99. The molecule has 0 spiro atoms. The van der Waals surface area contributed by atoms with Gasteiger partial charge in [-0.25, -0.2) is 0 Å². The fourth-order valence-corrected chi connectivity index (χ4v) is 1.81. The minimum Gasteiger partial charge on any atom is -0.299 e. The number of nitrogens with zero attached hydrogens (tertiary/aromatic N) is 1. The van der Waals surface area contributed by atoms with Gasteiger partial charge in [0.05, 0.1) is 17.4 Å². The molecular weight excluding hydrogens is 194 g/mol. The van der Waals surface area contributed by atoms with Crippen molar-refractivity contribution in [2.24, 2.45) is 0 Å². The topological polar surface area (TPSA) is 40.9 Å². The highest BCUT2D eigenvalue weighted by Crippen LogP contribution is 2.12. The minimum absolute atomic E-state index is 0.198. The number of carbonyl (C=O) groups is 1. The number of hydrogen-bond donors (Lipinski definition) is 0. The Kier molecular flexibility index (Phi) is 4.21. The third-order valence-corrected chi connectivity index (χ3v) is 2.81. The first-order valence-electron chi connectivity index (χ1n) is 4.28. The van der Waals surface area contributed by atoms with Crippen LogP contribution in [0.15, 0.2) is 24.3 Å². The van der Waals surface area contributed by atoms with E-state index in [0.29, 0.717) is 11.3 Å². The summed E-state index contributed by atoms with van der Waals surface area (Å²) >= 11 is 1.60. The third kappa shape index (κ3) is 3.63. The van der Waals surface area contributed by atoms with E-state index in [1.807, 2.05) is 12.1 Å². The van der Waals surface area contributed by atoms with Crippen LogP contribution < -0.4 is 0 Å². The van der Waals surface area contributed by atoms with Crippen LogP contribution in [0.5, 0.6) is 0 Å². The Labute approximate surface area is 87.9 Å². The van der Waals surface area contributed by atoms with E-state index >= 15 is 0 Å². The van der Waals surface area contributed by atoms with Gasteiger partial charge in [-0.2, -0.15) is 5.26 Å². The third-order valence-electron chi connectivity index (χ3n) is 1.66. The molecule has 0 aliphatic carbocycles. The van der Waals surface area contributed by atoms with Crippen molar-refractivity contribution in [2.45, 2.75) is 12.7 Å². The van der Waals surface area contributed by atoms with Crippen LogP contribution in [0, 0.1) is 11.3 Å². The minimum atomic E-state index is 0.198. The van der Waals surface area contributed by atoms with Crippen molar-refractivity contribution in [2.75, 3.05) is 5.75 Å². The quantitative estimate of drug-likeness (QED) is 0.757. The van der Waals surface area contributed by atoms with Gasteiger partial charge in [0, 0.05) is 5.75 Å². The first-order valence-corrected chi connectivity index (χ1v) is 5.44. The van der Waals surface area contributed by atoms with Crippen LogP contribution in [-0.4, -0.2) is 11.5 Å². The molecule has 2 nitrogen and oxygen atoms in total. The van der Waals surface area contributed by atoms with Gasteiger partial charge in [0.25, 0.3) is 0 Å². The molecule has 1 aromatic carbocycles. The Morgan fingerprint density at radius 3 is 2.57 bits per heavy atom. The Balaban J connectivity index is 2.45. The molecule has 0 aromatic heterocycles. The van der Waals surface area contributed by atoms with Gasteiger partial charge in [-0.15, -0.1) is 11.8 Å². The summed E-state index contributed by atoms with van der Waals surface area (Å²) < 4.78 is 0. The first kappa shape index (κ1) is 10.8. The summed E-state index contributed by atoms with van der Waals surface area (Å²) in [6.07, 6.45) is 0. The number of carbonyl (C=O) groups excluding carboxylic acids is 1. The second-order valence-corrected chi connectivity index (χ2v) is 3.99. The lowest BCUT2D eigenvalue weighted by atomic mass is 10.2. The highest BCUT2D eigenvalue weighted by molar-refractivity contribution is 7.99. The van der Waals surface area contributed by atoms with Gasteiger partial charge < -0.3 is 0 Å². The second kappa shape index (κ2) is 5.46. The Hall–Kier alpha value is -1.27. The number of ketones is 1. The summed E-state index contributed by atoms with van der Waals surface area (Å²) in [5.41, 5.74) is 1.82. The van der Waals surface area contributed by atoms with Gasteiger partial charge in [-0.1, -0.05) is 12.1 Å². The molecule has 0 amide bonds. The summed E-state index contributed by atoms with van der Waals surface area (Å²) in [5, 5.41) is 8.58. The van der Waals surface area contributed by atoms with Crippen LogP contribution in [0.4, 0.5) is 0 Å². The van der Waals surface area contributed by atoms with E-state index in [1.165, 1.54) is 0 Å². The molecule has 0 radical (unpaired) electrons. The largest absolute Gasteiger partial charge is 0.299 e. The number of Topliss-reactive ketones (excluding diaryl/α,β-unsaturated/α-hetero) is 1. The van der Waals surface area contributed by atoms with Crippen LogP contribution in [0.3, 0.4) is 0 Å². The molecule has 0 N–H and O–H groups in total. The molecule has 14 heavy (non-hydrogen) atoms. The summed E-state index contributed by atoms with van der Waals surface area (Å²) in [6, 6.07) is 9.50. The molecule has 0 atom stereocenters. The van der Waals surface area contributed by atoms with Crippen molar-refractivity contribution in [3.63, 3.8) is 0 Å². The van der Waals surface area contributed by atoms with Crippen LogP contribution in [0.1, 0.15) is 18.1 Å². The van der Waals surface area contributed by atoms with Gasteiger partial charge in [0.1, 0.15) is 5.78 Å². The highest BCUT2D eigenvalue weighted by atomic mass is 32.2. The zero-order chi connectivity index (χ0) is 10.4. The lowest BCUT2D eigenvalue weighted by Crippen LogP contribution is -1.93. The summed E-state index contributed by atoms with van der Waals surface area (Å²) in [7, 11) is 0. The molecule has 0 bridgehead atoms. The molecule has 0 saturated carbocycles. The Morgan fingerprint density at radius 2 is 2.07 bits per heavy atom. The van der Waals surface area contributed by atoms with E-state index in [4.69, 9.17) is 5.26 Å². The van der Waals surface area contributed by atoms with Gasteiger partial charge in [-0.3, -0.25) is 4.79 Å². The maximum Gasteiger partial charge on any atom is 0.139 e. The highest BCUT2D eigenvalue weighted by Gasteiger charge is 1.96. The molecule has 0 unspecified atom stereocenters. The van der Waals surface area contributed by atoms with Crippen molar-refractivity contribution in [3.05, 3.63) is 35.4 Å². The Morgan fingerprint density at radius 1 is 1.43 bits per heavy atom. The van der Waals surface area contributed by atoms with Crippen molar-refractivity contribution in [1.82, 2.24) is 0 Å². The van der Waals surface area contributed by atoms with Gasteiger partial charge in [0.2, 0.25) is 0 Å². The first-order chi connectivity index (χ1) is 6.72. The molecule has 1 rings (SSSR count). The summed E-state index contributed by atoms with van der Waals surface area (Å²) in [4.78, 5) is 10.7. The zero-order valence-corrected chi connectivity index (χ0v) is 8.80. The number of rotatable bonds is 4. The van der Waals surface area contributed by atoms with Crippen molar-refractivity contribution < 1.29 is 4.79 Å². The second-order valence-electron chi connectivity index (χ2n) is 3.00. The molecule has 3 heteroatoms. The molecule has 1 aromatic rings. The van der Waals surface area contributed by atoms with Crippen LogP contribution in [0.2, 0.25) is 0 Å². The average Bonchev–Trinajstić information content (AvgIpc) is 2.18. The van der Waals surface area contributed by atoms with E-state index in [0.717, 1.165) is 11.3 Å². The van der Waals surface area contributed by atoms with Crippen molar-refractivity contribution in [3.8, 4) is 6.07 Å². The Bertz CT molecular complexity index is 351. The van der Waals surface area contributed by atoms with E-state index in [-0.39, 0.29) is 5.78 Å². The molecule has 0 aliphatic rings. The fraction of sp³-hybridized carbons (Fsp3) is 0.273. The number of benzene rings is 1. The fourth-order valence-electron chi connectivity index (χ4n) is 0.988.